The summed E-state index contributed by atoms with van der Waals surface area (Å²) in [6.07, 6.45) is 3.46. The number of benzene rings is 1. The molecular formula is C20H22N4O2. The average Bonchev–Trinajstić information content (AvgIpc) is 2.65. The smallest absolute Gasteiger partial charge is 0.255 e. The van der Waals surface area contributed by atoms with Gasteiger partial charge in [0.25, 0.3) is 5.91 Å². The summed E-state index contributed by atoms with van der Waals surface area (Å²) in [5, 5.41) is 12.2. The van der Waals surface area contributed by atoms with E-state index in [9.17, 15) is 10.1 Å². The first kappa shape index (κ1) is 17.9. The van der Waals surface area contributed by atoms with Gasteiger partial charge in [-0.3, -0.25) is 9.78 Å². The lowest BCUT2D eigenvalue weighted by atomic mass is 10.1. The number of ether oxygens (including phenoxy) is 1. The van der Waals surface area contributed by atoms with Gasteiger partial charge in [-0.15, -0.1) is 0 Å². The van der Waals surface area contributed by atoms with Crippen LogP contribution in [0.4, 0.5) is 5.69 Å². The van der Waals surface area contributed by atoms with Crippen LogP contribution in [0.2, 0.25) is 0 Å². The molecule has 0 bridgehead atoms. The van der Waals surface area contributed by atoms with Gasteiger partial charge < -0.3 is 15.0 Å². The number of rotatable bonds is 5. The summed E-state index contributed by atoms with van der Waals surface area (Å²) >= 11 is 0. The number of nitriles is 1. The normalized spacial score (nSPS) is 13.6. The molecule has 6 nitrogen and oxygen atoms in total. The van der Waals surface area contributed by atoms with Crippen LogP contribution in [0.3, 0.4) is 0 Å². The number of hydrogen-bond donors (Lipinski definition) is 1. The summed E-state index contributed by atoms with van der Waals surface area (Å²) < 4.78 is 5.53. The number of nitrogens with one attached hydrogen (secondary N) is 1. The minimum Gasteiger partial charge on any atom is -0.492 e. The number of carbonyl (C=O) groups is 1. The molecule has 0 saturated heterocycles. The number of amides is 1. The summed E-state index contributed by atoms with van der Waals surface area (Å²) in [5.74, 6) is 0.235. The summed E-state index contributed by atoms with van der Waals surface area (Å²) in [6, 6.07) is 8.95. The monoisotopic (exact) mass is 350 g/mol. The molecular weight excluding hydrogens is 328 g/mol. The molecule has 0 radical (unpaired) electrons. The first-order chi connectivity index (χ1) is 12.6. The standard InChI is InChI=1S/C20H22N4O2/c1-3-8-26-19-5-4-14(9-15(19)11-21)20(25)23-17-10-16-13-24(2)7-6-18(16)22-12-17/h4-5,9-10,12H,3,6-8,13H2,1-2H3,(H,23,25). The molecule has 1 amide bonds. The van der Waals surface area contributed by atoms with Crippen molar-refractivity contribution in [2.75, 3.05) is 25.5 Å². The molecule has 2 aromatic rings. The Morgan fingerprint density at radius 1 is 1.42 bits per heavy atom. The fourth-order valence-corrected chi connectivity index (χ4v) is 2.94. The number of likely N-dealkylation sites (N-methyl/N-ethyl adjacent to an activating group) is 1. The molecule has 1 aliphatic rings. The molecule has 1 aromatic carbocycles. The van der Waals surface area contributed by atoms with Gasteiger partial charge in [0.1, 0.15) is 11.8 Å². The second-order valence-corrected chi connectivity index (χ2v) is 6.44. The van der Waals surface area contributed by atoms with Gasteiger partial charge in [-0.2, -0.15) is 5.26 Å². The van der Waals surface area contributed by atoms with Gasteiger partial charge in [0, 0.05) is 30.8 Å². The summed E-state index contributed by atoms with van der Waals surface area (Å²) in [7, 11) is 2.07. The van der Waals surface area contributed by atoms with Crippen molar-refractivity contribution in [3.8, 4) is 11.8 Å². The molecule has 0 atom stereocenters. The molecule has 1 N–H and O–H groups in total. The van der Waals surface area contributed by atoms with Crippen LogP contribution in [-0.2, 0) is 13.0 Å². The Balaban J connectivity index is 1.76. The number of nitrogens with zero attached hydrogens (tertiary/aromatic N) is 3. The number of anilines is 1. The highest BCUT2D eigenvalue weighted by atomic mass is 16.5. The van der Waals surface area contributed by atoms with Crippen LogP contribution in [0.5, 0.6) is 5.75 Å². The van der Waals surface area contributed by atoms with Crippen molar-refractivity contribution in [3.05, 3.63) is 52.8 Å². The second kappa shape index (κ2) is 7.98. The lowest BCUT2D eigenvalue weighted by Gasteiger charge is -2.24. The number of fused-ring (bicyclic) bond motifs is 1. The Morgan fingerprint density at radius 2 is 2.27 bits per heavy atom. The van der Waals surface area contributed by atoms with Crippen molar-refractivity contribution in [3.63, 3.8) is 0 Å². The molecule has 0 fully saturated rings. The minimum atomic E-state index is -0.269. The predicted octanol–water partition coefficient (Wildman–Crippen LogP) is 2.98. The molecule has 26 heavy (non-hydrogen) atoms. The number of pyridine rings is 1. The zero-order valence-electron chi connectivity index (χ0n) is 15.1. The molecule has 0 saturated carbocycles. The third-order valence-corrected chi connectivity index (χ3v) is 4.31. The molecule has 3 rings (SSSR count). The van der Waals surface area contributed by atoms with Crippen molar-refractivity contribution < 1.29 is 9.53 Å². The molecule has 0 spiro atoms. The number of aromatic nitrogens is 1. The lowest BCUT2D eigenvalue weighted by molar-refractivity contribution is 0.102. The first-order valence-electron chi connectivity index (χ1n) is 8.75. The van der Waals surface area contributed by atoms with Crippen LogP contribution < -0.4 is 10.1 Å². The Labute approximate surface area is 153 Å². The summed E-state index contributed by atoms with van der Waals surface area (Å²) in [4.78, 5) is 19.2. The highest BCUT2D eigenvalue weighted by molar-refractivity contribution is 6.04. The van der Waals surface area contributed by atoms with Gasteiger partial charge in [0.05, 0.1) is 24.1 Å². The van der Waals surface area contributed by atoms with Crippen LogP contribution in [0.1, 0.15) is 40.5 Å². The molecule has 0 unspecified atom stereocenters. The third-order valence-electron chi connectivity index (χ3n) is 4.31. The van der Waals surface area contributed by atoms with Crippen LogP contribution in [0, 0.1) is 11.3 Å². The third kappa shape index (κ3) is 4.01. The van der Waals surface area contributed by atoms with Crippen molar-refractivity contribution in [2.24, 2.45) is 0 Å². The highest BCUT2D eigenvalue weighted by Gasteiger charge is 2.16. The average molecular weight is 350 g/mol. The minimum absolute atomic E-state index is 0.269. The summed E-state index contributed by atoms with van der Waals surface area (Å²) in [5.41, 5.74) is 3.66. The predicted molar refractivity (Wildman–Crippen MR) is 99.2 cm³/mol. The van der Waals surface area contributed by atoms with E-state index in [4.69, 9.17) is 4.74 Å². The quantitative estimate of drug-likeness (QED) is 0.897. The Morgan fingerprint density at radius 3 is 3.04 bits per heavy atom. The van der Waals surface area contributed by atoms with E-state index in [-0.39, 0.29) is 5.91 Å². The van der Waals surface area contributed by atoms with E-state index in [2.05, 4.69) is 28.3 Å². The van der Waals surface area contributed by atoms with Gasteiger partial charge in [-0.25, -0.2) is 0 Å². The maximum absolute atomic E-state index is 12.5. The van der Waals surface area contributed by atoms with Gasteiger partial charge in [-0.1, -0.05) is 6.92 Å². The van der Waals surface area contributed by atoms with Gasteiger partial charge >= 0.3 is 0 Å². The summed E-state index contributed by atoms with van der Waals surface area (Å²) in [6.45, 7) is 4.36. The maximum atomic E-state index is 12.5. The van der Waals surface area contributed by atoms with E-state index < -0.39 is 0 Å². The number of carbonyl (C=O) groups excluding carboxylic acids is 1. The molecule has 6 heteroatoms. The fourth-order valence-electron chi connectivity index (χ4n) is 2.94. The van der Waals surface area contributed by atoms with Crippen molar-refractivity contribution in [1.82, 2.24) is 9.88 Å². The molecule has 0 aliphatic carbocycles. The lowest BCUT2D eigenvalue weighted by Crippen LogP contribution is -2.27. The van der Waals surface area contributed by atoms with Crippen LogP contribution >= 0.6 is 0 Å². The highest BCUT2D eigenvalue weighted by Crippen LogP contribution is 2.22. The van der Waals surface area contributed by atoms with Crippen molar-refractivity contribution in [2.45, 2.75) is 26.3 Å². The Hall–Kier alpha value is -2.91. The Kier molecular flexibility index (Phi) is 5.49. The SMILES string of the molecule is CCCOc1ccc(C(=O)Nc2cnc3c(c2)CN(C)CC3)cc1C#N. The van der Waals surface area contributed by atoms with Crippen LogP contribution in [0.15, 0.2) is 30.5 Å². The van der Waals surface area contributed by atoms with Gasteiger partial charge in [-0.05, 0) is 43.3 Å². The van der Waals surface area contributed by atoms with E-state index in [1.165, 1.54) is 0 Å². The van der Waals surface area contributed by atoms with Gasteiger partial charge in [0.2, 0.25) is 0 Å². The molecule has 1 aliphatic heterocycles. The van der Waals surface area contributed by atoms with E-state index in [0.717, 1.165) is 37.2 Å². The van der Waals surface area contributed by atoms with E-state index in [0.29, 0.717) is 29.2 Å². The van der Waals surface area contributed by atoms with Gasteiger partial charge in [0.15, 0.2) is 0 Å². The molecule has 1 aromatic heterocycles. The van der Waals surface area contributed by atoms with Crippen LogP contribution in [-0.4, -0.2) is 36.0 Å². The first-order valence-corrected chi connectivity index (χ1v) is 8.75. The topological polar surface area (TPSA) is 78.2 Å². The molecule has 2 heterocycles. The molecule has 134 valence electrons. The zero-order chi connectivity index (χ0) is 18.5. The largest absolute Gasteiger partial charge is 0.492 e. The zero-order valence-corrected chi connectivity index (χ0v) is 15.1. The number of hydrogen-bond acceptors (Lipinski definition) is 5. The fraction of sp³-hybridized carbons (Fsp3) is 0.350. The van der Waals surface area contributed by atoms with Crippen LogP contribution in [0.25, 0.3) is 0 Å². The van der Waals surface area contributed by atoms with E-state index >= 15 is 0 Å². The van der Waals surface area contributed by atoms with Crippen molar-refractivity contribution in [1.29, 1.82) is 5.26 Å². The maximum Gasteiger partial charge on any atom is 0.255 e. The van der Waals surface area contributed by atoms with E-state index in [1.54, 1.807) is 24.4 Å². The van der Waals surface area contributed by atoms with E-state index in [1.807, 2.05) is 13.0 Å². The van der Waals surface area contributed by atoms with Crippen molar-refractivity contribution >= 4 is 11.6 Å². The Bertz CT molecular complexity index is 857. The second-order valence-electron chi connectivity index (χ2n) is 6.44.